The number of nitrogens with zero attached hydrogens (tertiary/aromatic N) is 1. The normalized spacial score (nSPS) is 19.8. The van der Waals surface area contributed by atoms with Crippen LogP contribution in [0.4, 0.5) is 0 Å². The van der Waals surface area contributed by atoms with Crippen LogP contribution >= 0.6 is 0 Å². The van der Waals surface area contributed by atoms with Crippen LogP contribution in [0.1, 0.15) is 84.0 Å². The number of amidine groups is 1. The molecule has 0 aromatic rings. The fourth-order valence-electron chi connectivity index (χ4n) is 3.34. The number of unbranched alkanes of at least 4 members (excludes halogenated alkanes) is 9. The average molecular weight is 296 g/mol. The van der Waals surface area contributed by atoms with Crippen LogP contribution in [0.2, 0.25) is 0 Å². The van der Waals surface area contributed by atoms with Crippen molar-refractivity contribution >= 4 is 5.84 Å². The van der Waals surface area contributed by atoms with Crippen LogP contribution in [0.5, 0.6) is 0 Å². The quantitative estimate of drug-likeness (QED) is 0.315. The molecule has 1 fully saturated rings. The molecule has 3 heteroatoms. The van der Waals surface area contributed by atoms with E-state index in [-0.39, 0.29) is 0 Å². The summed E-state index contributed by atoms with van der Waals surface area (Å²) in [6, 6.07) is 0. The van der Waals surface area contributed by atoms with Crippen molar-refractivity contribution in [1.29, 1.82) is 5.41 Å². The summed E-state index contributed by atoms with van der Waals surface area (Å²) in [6.45, 7) is 5.72. The topological polar surface area (TPSA) is 53.1 Å². The predicted octanol–water partition coefficient (Wildman–Crippen LogP) is 4.56. The summed E-state index contributed by atoms with van der Waals surface area (Å²) >= 11 is 0. The lowest BCUT2D eigenvalue weighted by Crippen LogP contribution is -2.41. The Morgan fingerprint density at radius 2 is 1.57 bits per heavy atom. The third kappa shape index (κ3) is 9.13. The Morgan fingerprint density at radius 1 is 1.00 bits per heavy atom. The van der Waals surface area contributed by atoms with Crippen LogP contribution in [0, 0.1) is 11.3 Å². The van der Waals surface area contributed by atoms with Gasteiger partial charge in [0.1, 0.15) is 0 Å². The van der Waals surface area contributed by atoms with E-state index in [9.17, 15) is 0 Å². The third-order valence-electron chi connectivity index (χ3n) is 4.77. The Balaban J connectivity index is 1.89. The van der Waals surface area contributed by atoms with E-state index < -0.39 is 0 Å². The Hall–Kier alpha value is -0.570. The Bertz CT molecular complexity index is 265. The lowest BCUT2D eigenvalue weighted by molar-refractivity contribution is 0.199. The van der Waals surface area contributed by atoms with Crippen LogP contribution in [0.25, 0.3) is 0 Å². The minimum Gasteiger partial charge on any atom is -0.387 e. The summed E-state index contributed by atoms with van der Waals surface area (Å²) in [5.74, 6) is 0.713. The molecule has 1 atom stereocenters. The molecule has 0 aliphatic carbocycles. The first kappa shape index (κ1) is 18.5. The van der Waals surface area contributed by atoms with Crippen molar-refractivity contribution in [3.63, 3.8) is 0 Å². The van der Waals surface area contributed by atoms with Crippen molar-refractivity contribution in [2.45, 2.75) is 84.0 Å². The third-order valence-corrected chi connectivity index (χ3v) is 4.77. The number of piperidine rings is 1. The van der Waals surface area contributed by atoms with Gasteiger partial charge in [-0.05, 0) is 32.4 Å². The van der Waals surface area contributed by atoms with E-state index in [1.54, 1.807) is 0 Å². The second kappa shape index (κ2) is 12.0. The largest absolute Gasteiger partial charge is 0.387 e. The molecule has 0 spiro atoms. The Labute approximate surface area is 132 Å². The summed E-state index contributed by atoms with van der Waals surface area (Å²) in [6.07, 6.45) is 16.3. The Kier molecular flexibility index (Phi) is 10.6. The Morgan fingerprint density at radius 3 is 2.14 bits per heavy atom. The van der Waals surface area contributed by atoms with Gasteiger partial charge in [-0.1, -0.05) is 64.7 Å². The molecule has 0 aromatic carbocycles. The molecule has 0 bridgehead atoms. The lowest BCUT2D eigenvalue weighted by atomic mass is 9.97. The van der Waals surface area contributed by atoms with E-state index in [2.05, 4.69) is 11.8 Å². The zero-order valence-electron chi connectivity index (χ0n) is 14.2. The van der Waals surface area contributed by atoms with Gasteiger partial charge in [0.15, 0.2) is 0 Å². The number of nitrogens with one attached hydrogen (secondary N) is 1. The highest BCUT2D eigenvalue weighted by Crippen LogP contribution is 2.17. The van der Waals surface area contributed by atoms with Gasteiger partial charge in [-0.15, -0.1) is 0 Å². The lowest BCUT2D eigenvalue weighted by Gasteiger charge is -2.32. The number of likely N-dealkylation sites (tertiary alicyclic amines) is 1. The van der Waals surface area contributed by atoms with E-state index in [1.807, 2.05) is 0 Å². The second-order valence-electron chi connectivity index (χ2n) is 6.78. The summed E-state index contributed by atoms with van der Waals surface area (Å²) in [4.78, 5) is 2.51. The fourth-order valence-corrected chi connectivity index (χ4v) is 3.34. The van der Waals surface area contributed by atoms with E-state index in [1.165, 1.54) is 83.7 Å². The highest BCUT2D eigenvalue weighted by molar-refractivity contribution is 5.79. The first-order valence-electron chi connectivity index (χ1n) is 9.30. The first-order chi connectivity index (χ1) is 10.2. The molecular formula is C18H37N3. The SMILES string of the molecule is CCCCCCCCCCCCN1CCCC(C(=N)N)C1. The minimum absolute atomic E-state index is 0.321. The molecule has 1 saturated heterocycles. The van der Waals surface area contributed by atoms with Gasteiger partial charge in [0.2, 0.25) is 0 Å². The van der Waals surface area contributed by atoms with Gasteiger partial charge < -0.3 is 10.6 Å². The second-order valence-corrected chi connectivity index (χ2v) is 6.78. The van der Waals surface area contributed by atoms with Crippen molar-refractivity contribution in [2.24, 2.45) is 11.7 Å². The van der Waals surface area contributed by atoms with E-state index in [4.69, 9.17) is 11.1 Å². The monoisotopic (exact) mass is 295 g/mol. The van der Waals surface area contributed by atoms with Crippen molar-refractivity contribution in [1.82, 2.24) is 4.90 Å². The van der Waals surface area contributed by atoms with Gasteiger partial charge in [0, 0.05) is 12.5 Å². The molecule has 1 heterocycles. The molecule has 3 N–H and O–H groups in total. The molecule has 0 radical (unpaired) electrons. The summed E-state index contributed by atoms with van der Waals surface area (Å²) in [7, 11) is 0. The van der Waals surface area contributed by atoms with Crippen molar-refractivity contribution < 1.29 is 0 Å². The highest BCUT2D eigenvalue weighted by atomic mass is 15.1. The van der Waals surface area contributed by atoms with Crippen LogP contribution in [-0.4, -0.2) is 30.4 Å². The molecule has 124 valence electrons. The van der Waals surface area contributed by atoms with Gasteiger partial charge in [-0.3, -0.25) is 5.41 Å². The molecule has 3 nitrogen and oxygen atoms in total. The summed E-state index contributed by atoms with van der Waals surface area (Å²) < 4.78 is 0. The number of hydrogen-bond acceptors (Lipinski definition) is 2. The maximum absolute atomic E-state index is 7.58. The number of rotatable bonds is 12. The first-order valence-corrected chi connectivity index (χ1v) is 9.30. The number of hydrogen-bond donors (Lipinski definition) is 2. The van der Waals surface area contributed by atoms with Gasteiger partial charge >= 0.3 is 0 Å². The molecule has 1 unspecified atom stereocenters. The van der Waals surface area contributed by atoms with Crippen molar-refractivity contribution in [2.75, 3.05) is 19.6 Å². The summed E-state index contributed by atoms with van der Waals surface area (Å²) in [5, 5.41) is 7.58. The molecule has 0 aromatic heterocycles. The fraction of sp³-hybridized carbons (Fsp3) is 0.944. The zero-order chi connectivity index (χ0) is 15.3. The van der Waals surface area contributed by atoms with E-state index >= 15 is 0 Å². The molecule has 1 aliphatic rings. The number of nitrogens with two attached hydrogens (primary N) is 1. The van der Waals surface area contributed by atoms with Gasteiger partial charge in [-0.2, -0.15) is 0 Å². The minimum atomic E-state index is 0.321. The van der Waals surface area contributed by atoms with Crippen LogP contribution in [0.15, 0.2) is 0 Å². The van der Waals surface area contributed by atoms with Crippen LogP contribution in [0.3, 0.4) is 0 Å². The van der Waals surface area contributed by atoms with Crippen molar-refractivity contribution in [3.05, 3.63) is 0 Å². The maximum atomic E-state index is 7.58. The predicted molar refractivity (Wildman–Crippen MR) is 92.9 cm³/mol. The molecule has 0 amide bonds. The van der Waals surface area contributed by atoms with E-state index in [0.717, 1.165) is 13.0 Å². The van der Waals surface area contributed by atoms with E-state index in [0.29, 0.717) is 11.8 Å². The molecule has 21 heavy (non-hydrogen) atoms. The zero-order valence-corrected chi connectivity index (χ0v) is 14.2. The van der Waals surface area contributed by atoms with Gasteiger partial charge in [-0.25, -0.2) is 0 Å². The molecule has 1 aliphatic heterocycles. The maximum Gasteiger partial charge on any atom is 0.0949 e. The molecule has 1 rings (SSSR count). The van der Waals surface area contributed by atoms with Gasteiger partial charge in [0.25, 0.3) is 0 Å². The van der Waals surface area contributed by atoms with Crippen molar-refractivity contribution in [3.8, 4) is 0 Å². The smallest absolute Gasteiger partial charge is 0.0949 e. The van der Waals surface area contributed by atoms with Crippen LogP contribution in [-0.2, 0) is 0 Å². The average Bonchev–Trinajstić information content (AvgIpc) is 2.49. The van der Waals surface area contributed by atoms with Gasteiger partial charge in [0.05, 0.1) is 5.84 Å². The van der Waals surface area contributed by atoms with Crippen LogP contribution < -0.4 is 5.73 Å². The molecule has 0 saturated carbocycles. The summed E-state index contributed by atoms with van der Waals surface area (Å²) in [5.41, 5.74) is 5.64. The highest BCUT2D eigenvalue weighted by Gasteiger charge is 2.21. The molecular weight excluding hydrogens is 258 g/mol. The standard InChI is InChI=1S/C18H37N3/c1-2-3-4-5-6-7-8-9-10-11-14-21-15-12-13-17(16-21)18(19)20/h17H,2-16H2,1H3,(H3,19,20).